The highest BCUT2D eigenvalue weighted by atomic mass is 16.1. The maximum absolute atomic E-state index is 10.9. The number of likely N-dealkylation sites (tertiary alicyclic amines) is 1. The first kappa shape index (κ1) is 13.9. The number of nitrogens with zero attached hydrogens (tertiary/aromatic N) is 1. The van der Waals surface area contributed by atoms with E-state index in [0.29, 0.717) is 12.3 Å². The van der Waals surface area contributed by atoms with Crippen LogP contribution >= 0.6 is 0 Å². The third-order valence-corrected chi connectivity index (χ3v) is 3.95. The topological polar surface area (TPSA) is 72.4 Å². The minimum Gasteiger partial charge on any atom is -0.399 e. The minimum atomic E-state index is -0.171. The van der Waals surface area contributed by atoms with Crippen molar-refractivity contribution in [3.05, 3.63) is 29.8 Å². The lowest BCUT2D eigenvalue weighted by Crippen LogP contribution is -2.36. The highest BCUT2D eigenvalue weighted by molar-refractivity contribution is 5.73. The molecule has 1 aromatic carbocycles. The summed E-state index contributed by atoms with van der Waals surface area (Å²) in [6.45, 7) is 3.16. The number of nitrogens with two attached hydrogens (primary N) is 2. The summed E-state index contributed by atoms with van der Waals surface area (Å²) in [7, 11) is 0. The molecule has 0 saturated carbocycles. The Morgan fingerprint density at radius 1 is 1.26 bits per heavy atom. The van der Waals surface area contributed by atoms with E-state index in [1.165, 1.54) is 5.56 Å². The summed E-state index contributed by atoms with van der Waals surface area (Å²) in [4.78, 5) is 13.3. The highest BCUT2D eigenvalue weighted by Crippen LogP contribution is 2.20. The summed E-state index contributed by atoms with van der Waals surface area (Å²) in [6, 6.07) is 8.04. The zero-order valence-electron chi connectivity index (χ0n) is 11.3. The lowest BCUT2D eigenvalue weighted by atomic mass is 9.93. The summed E-state index contributed by atoms with van der Waals surface area (Å²) >= 11 is 0. The van der Waals surface area contributed by atoms with E-state index in [2.05, 4.69) is 11.0 Å². The fraction of sp³-hybridized carbons (Fsp3) is 0.533. The number of amides is 1. The van der Waals surface area contributed by atoms with Crippen molar-refractivity contribution in [3.63, 3.8) is 0 Å². The Labute approximate surface area is 114 Å². The van der Waals surface area contributed by atoms with E-state index >= 15 is 0 Å². The van der Waals surface area contributed by atoms with E-state index in [4.69, 9.17) is 11.5 Å². The van der Waals surface area contributed by atoms with Crippen molar-refractivity contribution in [1.82, 2.24) is 4.90 Å². The minimum absolute atomic E-state index is 0.171. The summed E-state index contributed by atoms with van der Waals surface area (Å²) in [5.74, 6) is 0.311. The molecular formula is C15H23N3O. The number of hydrogen-bond acceptors (Lipinski definition) is 3. The second kappa shape index (κ2) is 6.57. The summed E-state index contributed by atoms with van der Waals surface area (Å²) in [6.07, 6.45) is 3.69. The maximum atomic E-state index is 10.9. The average Bonchev–Trinajstić information content (AvgIpc) is 2.39. The van der Waals surface area contributed by atoms with Gasteiger partial charge in [-0.25, -0.2) is 0 Å². The van der Waals surface area contributed by atoms with Gasteiger partial charge in [-0.1, -0.05) is 18.2 Å². The molecule has 1 fully saturated rings. The molecule has 1 aliphatic heterocycles. The molecule has 4 heteroatoms. The van der Waals surface area contributed by atoms with Gasteiger partial charge in [0.1, 0.15) is 0 Å². The van der Waals surface area contributed by atoms with E-state index < -0.39 is 0 Å². The molecule has 0 radical (unpaired) electrons. The van der Waals surface area contributed by atoms with Crippen LogP contribution in [0.3, 0.4) is 0 Å². The third-order valence-electron chi connectivity index (χ3n) is 3.95. The van der Waals surface area contributed by atoms with E-state index in [0.717, 1.165) is 44.6 Å². The Morgan fingerprint density at radius 2 is 1.95 bits per heavy atom. The van der Waals surface area contributed by atoms with Gasteiger partial charge in [-0.15, -0.1) is 0 Å². The number of benzene rings is 1. The van der Waals surface area contributed by atoms with Crippen LogP contribution in [0.4, 0.5) is 5.69 Å². The summed E-state index contributed by atoms with van der Waals surface area (Å²) < 4.78 is 0. The molecule has 0 unspecified atom stereocenters. The number of carbonyl (C=O) groups excluding carboxylic acids is 1. The molecule has 19 heavy (non-hydrogen) atoms. The van der Waals surface area contributed by atoms with Gasteiger partial charge in [0.15, 0.2) is 0 Å². The number of hydrogen-bond donors (Lipinski definition) is 2. The number of anilines is 1. The Morgan fingerprint density at radius 3 is 2.58 bits per heavy atom. The standard InChI is InChI=1S/C15H23N3O/c16-14-4-2-1-3-13(14)7-10-18-8-5-12(6-9-18)11-15(17)19/h1-4,12H,5-11,16H2,(H2,17,19). The van der Waals surface area contributed by atoms with Crippen molar-refractivity contribution in [3.8, 4) is 0 Å². The number of nitrogen functional groups attached to an aromatic ring is 1. The van der Waals surface area contributed by atoms with Crippen LogP contribution in [-0.4, -0.2) is 30.4 Å². The number of carbonyl (C=O) groups is 1. The molecule has 0 bridgehead atoms. The van der Waals surface area contributed by atoms with Gasteiger partial charge in [-0.05, 0) is 49.9 Å². The molecule has 4 N–H and O–H groups in total. The van der Waals surface area contributed by atoms with E-state index in [-0.39, 0.29) is 5.91 Å². The van der Waals surface area contributed by atoms with Crippen molar-refractivity contribution < 1.29 is 4.79 Å². The van der Waals surface area contributed by atoms with Crippen LogP contribution in [0.1, 0.15) is 24.8 Å². The lowest BCUT2D eigenvalue weighted by molar-refractivity contribution is -0.119. The van der Waals surface area contributed by atoms with E-state index in [9.17, 15) is 4.79 Å². The van der Waals surface area contributed by atoms with Crippen LogP contribution in [-0.2, 0) is 11.2 Å². The molecule has 4 nitrogen and oxygen atoms in total. The van der Waals surface area contributed by atoms with Gasteiger partial charge in [-0.3, -0.25) is 4.79 Å². The Hall–Kier alpha value is -1.55. The van der Waals surface area contributed by atoms with Crippen molar-refractivity contribution >= 4 is 11.6 Å². The number of para-hydroxylation sites is 1. The van der Waals surface area contributed by atoms with Crippen LogP contribution in [0, 0.1) is 5.92 Å². The normalized spacial score (nSPS) is 17.5. The molecule has 1 aromatic rings. The Bertz CT molecular complexity index is 425. The molecule has 2 rings (SSSR count). The molecule has 1 amide bonds. The number of piperidine rings is 1. The van der Waals surface area contributed by atoms with Gasteiger partial charge in [-0.2, -0.15) is 0 Å². The smallest absolute Gasteiger partial charge is 0.217 e. The van der Waals surface area contributed by atoms with Gasteiger partial charge in [0.05, 0.1) is 0 Å². The molecule has 1 saturated heterocycles. The molecule has 0 spiro atoms. The fourth-order valence-electron chi connectivity index (χ4n) is 2.74. The predicted octanol–water partition coefficient (Wildman–Crippen LogP) is 1.40. The lowest BCUT2D eigenvalue weighted by Gasteiger charge is -2.31. The van der Waals surface area contributed by atoms with Gasteiger partial charge in [0, 0.05) is 18.7 Å². The second-order valence-corrected chi connectivity index (χ2v) is 5.40. The van der Waals surface area contributed by atoms with Crippen LogP contribution < -0.4 is 11.5 Å². The van der Waals surface area contributed by atoms with E-state index in [1.54, 1.807) is 0 Å². The van der Waals surface area contributed by atoms with Gasteiger partial charge >= 0.3 is 0 Å². The van der Waals surface area contributed by atoms with Crippen LogP contribution in [0.2, 0.25) is 0 Å². The highest BCUT2D eigenvalue weighted by Gasteiger charge is 2.20. The molecule has 0 aromatic heterocycles. The Balaban J connectivity index is 1.74. The molecule has 104 valence electrons. The molecule has 1 aliphatic rings. The van der Waals surface area contributed by atoms with E-state index in [1.807, 2.05) is 18.2 Å². The SMILES string of the molecule is NC(=O)CC1CCN(CCc2ccccc2N)CC1. The van der Waals surface area contributed by atoms with Crippen LogP contribution in [0.25, 0.3) is 0 Å². The predicted molar refractivity (Wildman–Crippen MR) is 77.5 cm³/mol. The fourth-order valence-corrected chi connectivity index (χ4v) is 2.74. The van der Waals surface area contributed by atoms with Crippen LogP contribution in [0.15, 0.2) is 24.3 Å². The summed E-state index contributed by atoms with van der Waals surface area (Å²) in [5, 5.41) is 0. The van der Waals surface area contributed by atoms with Crippen molar-refractivity contribution in [1.29, 1.82) is 0 Å². The second-order valence-electron chi connectivity index (χ2n) is 5.40. The van der Waals surface area contributed by atoms with Crippen LogP contribution in [0.5, 0.6) is 0 Å². The first-order valence-electron chi connectivity index (χ1n) is 6.99. The first-order valence-corrected chi connectivity index (χ1v) is 6.99. The van der Waals surface area contributed by atoms with Crippen molar-refractivity contribution in [2.24, 2.45) is 11.7 Å². The van der Waals surface area contributed by atoms with Gasteiger partial charge < -0.3 is 16.4 Å². The number of primary amides is 1. The monoisotopic (exact) mass is 261 g/mol. The Kier molecular flexibility index (Phi) is 4.80. The molecule has 0 aliphatic carbocycles. The van der Waals surface area contributed by atoms with Crippen molar-refractivity contribution in [2.45, 2.75) is 25.7 Å². The van der Waals surface area contributed by atoms with Gasteiger partial charge in [0.2, 0.25) is 5.91 Å². The first-order chi connectivity index (χ1) is 9.15. The average molecular weight is 261 g/mol. The summed E-state index contributed by atoms with van der Waals surface area (Å²) in [5.41, 5.74) is 13.3. The number of rotatable bonds is 5. The molecule has 0 atom stereocenters. The zero-order valence-corrected chi connectivity index (χ0v) is 11.3. The molecule has 1 heterocycles. The zero-order chi connectivity index (χ0) is 13.7. The third kappa shape index (κ3) is 4.24. The molecular weight excluding hydrogens is 238 g/mol. The quantitative estimate of drug-likeness (QED) is 0.787. The van der Waals surface area contributed by atoms with Crippen molar-refractivity contribution in [2.75, 3.05) is 25.4 Å². The largest absolute Gasteiger partial charge is 0.399 e. The van der Waals surface area contributed by atoms with Gasteiger partial charge in [0.25, 0.3) is 0 Å². The maximum Gasteiger partial charge on any atom is 0.217 e.